The van der Waals surface area contributed by atoms with Crippen LogP contribution < -0.4 is 9.47 Å². The van der Waals surface area contributed by atoms with Crippen molar-refractivity contribution in [1.82, 2.24) is 0 Å². The number of hydrogen-bond donors (Lipinski definition) is 0. The second-order valence-corrected chi connectivity index (χ2v) is 7.87. The number of carbonyl (C=O) groups excluding carboxylic acids is 1. The molecule has 12 heteroatoms. The van der Waals surface area contributed by atoms with E-state index in [1.807, 2.05) is 0 Å². The average Bonchev–Trinajstić information content (AvgIpc) is 2.79. The van der Waals surface area contributed by atoms with Gasteiger partial charge in [0, 0.05) is 7.11 Å². The van der Waals surface area contributed by atoms with Crippen LogP contribution in [0.4, 0.5) is 13.2 Å². The number of benzene rings is 2. The molecule has 2 rings (SSSR count). The van der Waals surface area contributed by atoms with Gasteiger partial charge in [-0.15, -0.1) is 0 Å². The zero-order valence-electron chi connectivity index (χ0n) is 19.5. The van der Waals surface area contributed by atoms with Crippen LogP contribution in [-0.4, -0.2) is 32.1 Å². The molecule has 0 aliphatic rings. The lowest BCUT2D eigenvalue weighted by atomic mass is 10.2. The lowest BCUT2D eigenvalue weighted by Gasteiger charge is -2.19. The highest BCUT2D eigenvalue weighted by Crippen LogP contribution is 2.33. The first-order chi connectivity index (χ1) is 16.5. The van der Waals surface area contributed by atoms with Crippen LogP contribution in [0.1, 0.15) is 26.3 Å². The molecule has 0 heterocycles. The summed E-state index contributed by atoms with van der Waals surface area (Å²) in [6.45, 7) is 4.85. The minimum atomic E-state index is -4.43. The van der Waals surface area contributed by atoms with E-state index in [-0.39, 0.29) is 18.1 Å². The molecule has 0 amide bonds. The van der Waals surface area contributed by atoms with E-state index >= 15 is 0 Å². The number of methoxy groups -OCH3 is 1. The van der Waals surface area contributed by atoms with Crippen LogP contribution >= 0.6 is 8.25 Å². The molecule has 0 radical (unpaired) electrons. The molecule has 2 aromatic rings. The summed E-state index contributed by atoms with van der Waals surface area (Å²) in [6, 6.07) is 10.5. The third-order valence-corrected chi connectivity index (χ3v) is 5.22. The van der Waals surface area contributed by atoms with Gasteiger partial charge in [0.15, 0.2) is 18.2 Å². The Morgan fingerprint density at radius 2 is 1.54 bits per heavy atom. The van der Waals surface area contributed by atoms with E-state index in [4.69, 9.17) is 28.0 Å². The highest BCUT2D eigenvalue weighted by Gasteiger charge is 2.30. The molecule has 0 N–H and O–H groups in total. The number of rotatable bonds is 12. The van der Waals surface area contributed by atoms with E-state index in [1.54, 1.807) is 38.1 Å². The van der Waals surface area contributed by atoms with E-state index in [9.17, 15) is 22.5 Å². The van der Waals surface area contributed by atoms with Gasteiger partial charge >= 0.3 is 20.4 Å². The second kappa shape index (κ2) is 13.2. The summed E-state index contributed by atoms with van der Waals surface area (Å²) in [5.74, 6) is 0.133. The summed E-state index contributed by atoms with van der Waals surface area (Å²) >= 11 is 0. The van der Waals surface area contributed by atoms with Gasteiger partial charge in [0.05, 0.1) is 18.2 Å². The van der Waals surface area contributed by atoms with Crippen LogP contribution in [0, 0.1) is 0 Å². The molecule has 0 saturated heterocycles. The fourth-order valence-corrected chi connectivity index (χ4v) is 3.36. The Kier molecular flexibility index (Phi) is 10.6. The zero-order valence-corrected chi connectivity index (χ0v) is 20.5. The molecule has 192 valence electrons. The maximum atomic E-state index is 12.7. The molecule has 0 fully saturated rings. The average molecular weight is 518 g/mol. The summed E-state index contributed by atoms with van der Waals surface area (Å²) in [6.07, 6.45) is -5.07. The Labute approximate surface area is 201 Å². The minimum Gasteiger partial charge on any atom is -0.483 e. The van der Waals surface area contributed by atoms with Crippen LogP contribution in [0.3, 0.4) is 0 Å². The molecular formula is C23H26F3O8P. The van der Waals surface area contributed by atoms with Gasteiger partial charge in [-0.25, -0.2) is 9.36 Å². The molecule has 0 aliphatic carbocycles. The molecule has 0 aromatic heterocycles. The van der Waals surface area contributed by atoms with E-state index in [1.165, 1.54) is 26.2 Å². The molecular weight excluding hydrogens is 492 g/mol. The van der Waals surface area contributed by atoms with E-state index in [0.29, 0.717) is 11.5 Å². The molecule has 0 bridgehead atoms. The first kappa shape index (κ1) is 28.2. The van der Waals surface area contributed by atoms with Gasteiger partial charge in [-0.05, 0) is 69.3 Å². The van der Waals surface area contributed by atoms with Gasteiger partial charge in [0.1, 0.15) is 17.2 Å². The lowest BCUT2D eigenvalue weighted by molar-refractivity contribution is -0.138. The Morgan fingerprint density at radius 1 is 1.00 bits per heavy atom. The standard InChI is InChI=1S/C23H26F3O8P/c1-5-30-22(27)14-21(34-35(28)33-16(3)29-4)15(2)31-18-10-12-20(13-11-18)32-19-8-6-17(7-9-19)23(24,25)26/h6-16,35H,5H2,1-4H3. The van der Waals surface area contributed by atoms with Crippen molar-refractivity contribution < 1.29 is 50.5 Å². The summed E-state index contributed by atoms with van der Waals surface area (Å²) in [7, 11) is -1.70. The van der Waals surface area contributed by atoms with Crippen LogP contribution in [0.2, 0.25) is 0 Å². The molecule has 3 unspecified atom stereocenters. The second-order valence-electron chi connectivity index (χ2n) is 6.93. The zero-order chi connectivity index (χ0) is 26.0. The Bertz CT molecular complexity index is 1010. The summed E-state index contributed by atoms with van der Waals surface area (Å²) in [5, 5.41) is 0. The molecule has 0 saturated carbocycles. The largest absolute Gasteiger partial charge is 0.483 e. The van der Waals surface area contributed by atoms with E-state index in [0.717, 1.165) is 18.2 Å². The summed E-state index contributed by atoms with van der Waals surface area (Å²) < 4.78 is 81.6. The molecule has 0 aliphatic heterocycles. The van der Waals surface area contributed by atoms with Crippen molar-refractivity contribution in [2.45, 2.75) is 39.3 Å². The first-order valence-electron chi connectivity index (χ1n) is 10.4. The smallest absolute Gasteiger partial charge is 0.416 e. The maximum Gasteiger partial charge on any atom is 0.416 e. The Morgan fingerprint density at radius 3 is 2.06 bits per heavy atom. The van der Waals surface area contributed by atoms with Crippen molar-refractivity contribution in [3.63, 3.8) is 0 Å². The first-order valence-corrected chi connectivity index (χ1v) is 11.7. The fourth-order valence-electron chi connectivity index (χ4n) is 2.53. The predicted octanol–water partition coefficient (Wildman–Crippen LogP) is 6.13. The SMILES string of the molecule is CCOC(=O)C=C(O[PH](=O)OC(C)OC)C(C)Oc1ccc(Oc2ccc(C(F)(F)F)cc2)cc1. The van der Waals surface area contributed by atoms with Crippen molar-refractivity contribution in [2.75, 3.05) is 13.7 Å². The highest BCUT2D eigenvalue weighted by atomic mass is 31.1. The quantitative estimate of drug-likeness (QED) is 0.109. The Balaban J connectivity index is 2.06. The van der Waals surface area contributed by atoms with Gasteiger partial charge in [-0.1, -0.05) is 0 Å². The third-order valence-electron chi connectivity index (χ3n) is 4.30. The van der Waals surface area contributed by atoms with Crippen molar-refractivity contribution in [3.8, 4) is 17.2 Å². The number of esters is 1. The summed E-state index contributed by atoms with van der Waals surface area (Å²) in [4.78, 5) is 11.9. The highest BCUT2D eigenvalue weighted by molar-refractivity contribution is 7.33. The van der Waals surface area contributed by atoms with Gasteiger partial charge in [0.25, 0.3) is 0 Å². The van der Waals surface area contributed by atoms with Crippen LogP contribution in [0.25, 0.3) is 0 Å². The molecule has 3 atom stereocenters. The monoisotopic (exact) mass is 518 g/mol. The maximum absolute atomic E-state index is 12.7. The van der Waals surface area contributed by atoms with Gasteiger partial charge < -0.3 is 23.5 Å². The molecule has 0 spiro atoms. The van der Waals surface area contributed by atoms with Gasteiger partial charge in [0.2, 0.25) is 0 Å². The van der Waals surface area contributed by atoms with Crippen molar-refractivity contribution in [1.29, 1.82) is 0 Å². The summed E-state index contributed by atoms with van der Waals surface area (Å²) in [5.41, 5.74) is -0.777. The van der Waals surface area contributed by atoms with Crippen molar-refractivity contribution in [3.05, 3.63) is 65.9 Å². The van der Waals surface area contributed by atoms with Gasteiger partial charge in [-0.2, -0.15) is 13.2 Å². The van der Waals surface area contributed by atoms with E-state index in [2.05, 4.69) is 0 Å². The molecule has 35 heavy (non-hydrogen) atoms. The number of hydrogen-bond acceptors (Lipinski definition) is 8. The fraction of sp³-hybridized carbons (Fsp3) is 0.348. The number of halogens is 3. The van der Waals surface area contributed by atoms with Gasteiger partial charge in [-0.3, -0.25) is 4.52 Å². The number of ether oxygens (including phenoxy) is 4. The van der Waals surface area contributed by atoms with Crippen LogP contribution in [-0.2, 0) is 34.1 Å². The third kappa shape index (κ3) is 9.64. The number of carbonyl (C=O) groups is 1. The molecule has 8 nitrogen and oxygen atoms in total. The van der Waals surface area contributed by atoms with Crippen molar-refractivity contribution >= 4 is 14.2 Å². The van der Waals surface area contributed by atoms with Crippen molar-refractivity contribution in [2.24, 2.45) is 0 Å². The number of alkyl halides is 3. The van der Waals surface area contributed by atoms with Crippen LogP contribution in [0.15, 0.2) is 60.4 Å². The molecule has 2 aromatic carbocycles. The lowest BCUT2D eigenvalue weighted by Crippen LogP contribution is -2.18. The van der Waals surface area contributed by atoms with Crippen LogP contribution in [0.5, 0.6) is 17.2 Å². The topological polar surface area (TPSA) is 89.5 Å². The normalized spacial score (nSPS) is 14.5. The minimum absolute atomic E-state index is 0.0827. The van der Waals surface area contributed by atoms with E-state index < -0.39 is 38.4 Å². The Hall–Kier alpha value is -3.01. The predicted molar refractivity (Wildman–Crippen MR) is 120 cm³/mol.